The van der Waals surface area contributed by atoms with E-state index in [0.717, 1.165) is 11.3 Å². The number of carbonyl (C=O) groups excluding carboxylic acids is 1. The number of nitrogens with zero attached hydrogens (tertiary/aromatic N) is 5. The van der Waals surface area contributed by atoms with Gasteiger partial charge in [0.15, 0.2) is 5.65 Å². The lowest BCUT2D eigenvalue weighted by atomic mass is 10.2. The van der Waals surface area contributed by atoms with Crippen molar-refractivity contribution in [3.63, 3.8) is 0 Å². The third-order valence-electron chi connectivity index (χ3n) is 3.98. The van der Waals surface area contributed by atoms with Crippen LogP contribution in [0.1, 0.15) is 0 Å². The molecule has 0 saturated carbocycles. The second-order valence-electron chi connectivity index (χ2n) is 5.89. The number of rotatable bonds is 6. The van der Waals surface area contributed by atoms with Crippen LogP contribution in [-0.2, 0) is 4.79 Å². The average Bonchev–Trinajstić information content (AvgIpc) is 3.15. The molecule has 0 spiro atoms. The molecule has 0 aliphatic heterocycles. The Morgan fingerprint density at radius 1 is 1.17 bits per heavy atom. The lowest BCUT2D eigenvalue weighted by Crippen LogP contribution is -2.15. The second kappa shape index (κ2) is 8.46. The summed E-state index contributed by atoms with van der Waals surface area (Å²) in [4.78, 5) is 16.4. The molecule has 4 aromatic rings. The third kappa shape index (κ3) is 4.30. The van der Waals surface area contributed by atoms with Crippen LogP contribution in [0.4, 0.5) is 5.69 Å². The van der Waals surface area contributed by atoms with Crippen molar-refractivity contribution in [1.82, 2.24) is 24.8 Å². The molecule has 0 aliphatic carbocycles. The summed E-state index contributed by atoms with van der Waals surface area (Å²) in [5.74, 6) is 0.430. The summed E-state index contributed by atoms with van der Waals surface area (Å²) >= 11 is 7.23. The molecule has 3 heterocycles. The van der Waals surface area contributed by atoms with E-state index in [-0.39, 0.29) is 11.7 Å². The molecule has 0 fully saturated rings. The van der Waals surface area contributed by atoms with Crippen LogP contribution in [0.15, 0.2) is 60.0 Å². The summed E-state index contributed by atoms with van der Waals surface area (Å²) in [5, 5.41) is 16.6. The summed E-state index contributed by atoms with van der Waals surface area (Å²) in [6.07, 6.45) is 3.41. The van der Waals surface area contributed by atoms with Crippen molar-refractivity contribution in [2.24, 2.45) is 0 Å². The fraction of sp³-hybridized carbons (Fsp3) is 0.105. The van der Waals surface area contributed by atoms with E-state index in [1.54, 1.807) is 35.1 Å². The van der Waals surface area contributed by atoms with Crippen molar-refractivity contribution < 1.29 is 9.53 Å². The van der Waals surface area contributed by atoms with Crippen molar-refractivity contribution in [3.05, 3.63) is 59.9 Å². The molecule has 1 aromatic carbocycles. The maximum Gasteiger partial charge on any atom is 0.234 e. The first kappa shape index (κ1) is 19.2. The number of thioether (sulfide) groups is 1. The highest BCUT2D eigenvalue weighted by Gasteiger charge is 2.13. The highest BCUT2D eigenvalue weighted by Crippen LogP contribution is 2.28. The van der Waals surface area contributed by atoms with Gasteiger partial charge in [0, 0.05) is 23.0 Å². The normalized spacial score (nSPS) is 10.8. The molecule has 4 rings (SSSR count). The van der Waals surface area contributed by atoms with Gasteiger partial charge < -0.3 is 10.1 Å². The lowest BCUT2D eigenvalue weighted by molar-refractivity contribution is -0.113. The largest absolute Gasteiger partial charge is 0.495 e. The van der Waals surface area contributed by atoms with Gasteiger partial charge in [0.05, 0.1) is 24.2 Å². The van der Waals surface area contributed by atoms with Gasteiger partial charge in [-0.15, -0.1) is 10.2 Å². The molecular weight excluding hydrogens is 412 g/mol. The van der Waals surface area contributed by atoms with Crippen molar-refractivity contribution in [2.45, 2.75) is 5.16 Å². The van der Waals surface area contributed by atoms with Gasteiger partial charge in [-0.3, -0.25) is 9.78 Å². The first-order chi connectivity index (χ1) is 14.1. The van der Waals surface area contributed by atoms with Gasteiger partial charge in [-0.2, -0.15) is 9.61 Å². The van der Waals surface area contributed by atoms with E-state index in [4.69, 9.17) is 16.3 Å². The molecule has 1 N–H and O–H groups in total. The monoisotopic (exact) mass is 426 g/mol. The quantitative estimate of drug-likeness (QED) is 0.471. The van der Waals surface area contributed by atoms with Crippen LogP contribution >= 0.6 is 23.4 Å². The first-order valence-electron chi connectivity index (χ1n) is 8.53. The first-order valence-corrected chi connectivity index (χ1v) is 9.89. The number of anilines is 1. The van der Waals surface area contributed by atoms with Crippen molar-refractivity contribution >= 4 is 40.6 Å². The Labute approximate surface area is 175 Å². The Bertz CT molecular complexity index is 1170. The molecule has 29 heavy (non-hydrogen) atoms. The van der Waals surface area contributed by atoms with E-state index in [9.17, 15) is 4.79 Å². The zero-order valence-electron chi connectivity index (χ0n) is 15.2. The maximum absolute atomic E-state index is 12.4. The SMILES string of the molecule is COc1ccc(Cl)cc1NC(=O)CSc1nnc2ccc(-c3ccncc3)nn12. The summed E-state index contributed by atoms with van der Waals surface area (Å²) < 4.78 is 6.86. The number of hydrogen-bond acceptors (Lipinski definition) is 7. The molecule has 1 amide bonds. The number of methoxy groups -OCH3 is 1. The van der Waals surface area contributed by atoms with Gasteiger partial charge in [0.1, 0.15) is 5.75 Å². The minimum atomic E-state index is -0.224. The number of pyridine rings is 1. The Kier molecular flexibility index (Phi) is 5.59. The number of halogens is 1. The van der Waals surface area contributed by atoms with Gasteiger partial charge in [0.25, 0.3) is 0 Å². The van der Waals surface area contributed by atoms with E-state index in [0.29, 0.717) is 27.3 Å². The van der Waals surface area contributed by atoms with Crippen LogP contribution in [0.25, 0.3) is 16.9 Å². The van der Waals surface area contributed by atoms with E-state index < -0.39 is 0 Å². The standard InChI is InChI=1S/C19H15ClN6O2S/c1-28-16-4-2-13(20)10-15(16)22-18(27)11-29-19-24-23-17-5-3-14(25-26(17)19)12-6-8-21-9-7-12/h2-10H,11H2,1H3,(H,22,27). The van der Waals surface area contributed by atoms with Gasteiger partial charge >= 0.3 is 0 Å². The number of fused-ring (bicyclic) bond motifs is 1. The Morgan fingerprint density at radius 3 is 2.79 bits per heavy atom. The fourth-order valence-corrected chi connectivity index (χ4v) is 3.49. The van der Waals surface area contributed by atoms with Gasteiger partial charge in [0.2, 0.25) is 11.1 Å². The van der Waals surface area contributed by atoms with E-state index in [2.05, 4.69) is 25.6 Å². The molecule has 10 heteroatoms. The molecule has 0 atom stereocenters. The van der Waals surface area contributed by atoms with E-state index in [1.807, 2.05) is 24.3 Å². The number of ether oxygens (including phenoxy) is 1. The predicted molar refractivity (Wildman–Crippen MR) is 111 cm³/mol. The number of hydrogen-bond donors (Lipinski definition) is 1. The smallest absolute Gasteiger partial charge is 0.234 e. The minimum absolute atomic E-state index is 0.123. The van der Waals surface area contributed by atoms with Gasteiger partial charge in [-0.25, -0.2) is 0 Å². The zero-order chi connectivity index (χ0) is 20.2. The van der Waals surface area contributed by atoms with E-state index in [1.165, 1.54) is 18.9 Å². The van der Waals surface area contributed by atoms with Crippen LogP contribution in [0, 0.1) is 0 Å². The molecule has 0 radical (unpaired) electrons. The molecule has 0 saturated heterocycles. The van der Waals surface area contributed by atoms with Gasteiger partial charge in [-0.1, -0.05) is 23.4 Å². The number of nitrogens with one attached hydrogen (secondary N) is 1. The van der Waals surface area contributed by atoms with Crippen LogP contribution in [-0.4, -0.2) is 43.6 Å². The topological polar surface area (TPSA) is 94.3 Å². The minimum Gasteiger partial charge on any atom is -0.495 e. The molecule has 0 bridgehead atoms. The average molecular weight is 427 g/mol. The van der Waals surface area contributed by atoms with Gasteiger partial charge in [-0.05, 0) is 42.5 Å². The maximum atomic E-state index is 12.4. The Balaban J connectivity index is 1.50. The summed E-state index contributed by atoms with van der Waals surface area (Å²) in [6.45, 7) is 0. The van der Waals surface area contributed by atoms with Crippen LogP contribution in [0.3, 0.4) is 0 Å². The van der Waals surface area contributed by atoms with Crippen LogP contribution in [0.2, 0.25) is 5.02 Å². The van der Waals surface area contributed by atoms with Crippen molar-refractivity contribution in [3.8, 4) is 17.0 Å². The van der Waals surface area contributed by atoms with E-state index >= 15 is 0 Å². The zero-order valence-corrected chi connectivity index (χ0v) is 16.8. The predicted octanol–water partition coefficient (Wildman–Crippen LogP) is 3.58. The fourth-order valence-electron chi connectivity index (χ4n) is 2.63. The number of carbonyl (C=O) groups is 1. The number of aromatic nitrogens is 5. The molecule has 0 aliphatic rings. The Hall–Kier alpha value is -3.17. The van der Waals surface area contributed by atoms with Crippen molar-refractivity contribution in [2.75, 3.05) is 18.2 Å². The lowest BCUT2D eigenvalue weighted by Gasteiger charge is -2.10. The summed E-state index contributed by atoms with van der Waals surface area (Å²) in [5.41, 5.74) is 2.80. The highest BCUT2D eigenvalue weighted by atomic mass is 35.5. The number of benzene rings is 1. The Morgan fingerprint density at radius 2 is 2.00 bits per heavy atom. The molecule has 0 unspecified atom stereocenters. The molecule has 8 nitrogen and oxygen atoms in total. The highest BCUT2D eigenvalue weighted by molar-refractivity contribution is 7.99. The van der Waals surface area contributed by atoms with Crippen LogP contribution < -0.4 is 10.1 Å². The molecule has 3 aromatic heterocycles. The van der Waals surface area contributed by atoms with Crippen LogP contribution in [0.5, 0.6) is 5.75 Å². The summed E-state index contributed by atoms with van der Waals surface area (Å²) in [7, 11) is 1.53. The van der Waals surface area contributed by atoms with Crippen molar-refractivity contribution in [1.29, 1.82) is 0 Å². The number of amides is 1. The third-order valence-corrected chi connectivity index (χ3v) is 5.13. The summed E-state index contributed by atoms with van der Waals surface area (Å²) in [6, 6.07) is 12.5. The molecular formula is C19H15ClN6O2S. The molecule has 146 valence electrons. The second-order valence-corrected chi connectivity index (χ2v) is 7.27.